The lowest BCUT2D eigenvalue weighted by Gasteiger charge is -2.26. The highest BCUT2D eigenvalue weighted by molar-refractivity contribution is 7.89. The normalized spacial score (nSPS) is 15.0. The molecule has 1 aliphatic rings. The average Bonchev–Trinajstić information content (AvgIpc) is 2.83. The molecular formula is C22H29N5O6S. The molecule has 1 aliphatic heterocycles. The molecule has 0 atom stereocenters. The van der Waals surface area contributed by atoms with E-state index >= 15 is 0 Å². The number of ether oxygens (including phenoxy) is 1. The Kier molecular flexibility index (Phi) is 8.07. The monoisotopic (exact) mass is 491 g/mol. The van der Waals surface area contributed by atoms with Gasteiger partial charge in [0.2, 0.25) is 10.0 Å². The van der Waals surface area contributed by atoms with Gasteiger partial charge in [-0.25, -0.2) is 13.2 Å². The number of nitrogens with zero attached hydrogens (tertiary/aromatic N) is 3. The zero-order chi connectivity index (χ0) is 24.9. The number of hydrogen-bond donors (Lipinski definition) is 2. The van der Waals surface area contributed by atoms with Crippen molar-refractivity contribution in [3.05, 3.63) is 56.7 Å². The zero-order valence-corrected chi connectivity index (χ0v) is 20.0. The Morgan fingerprint density at radius 2 is 1.85 bits per heavy atom. The zero-order valence-electron chi connectivity index (χ0n) is 19.2. The minimum atomic E-state index is -3.61. The van der Waals surface area contributed by atoms with E-state index in [0.717, 1.165) is 11.3 Å². The molecule has 0 bridgehead atoms. The molecule has 0 radical (unpaired) electrons. The summed E-state index contributed by atoms with van der Waals surface area (Å²) in [7, 11) is -2.22. The number of nitrogens with two attached hydrogens (primary N) is 1. The first kappa shape index (κ1) is 25.4. The second kappa shape index (κ2) is 10.8. The van der Waals surface area contributed by atoms with Gasteiger partial charge in [-0.15, -0.1) is 0 Å². The van der Waals surface area contributed by atoms with Crippen molar-refractivity contribution in [1.82, 2.24) is 13.9 Å². The van der Waals surface area contributed by atoms with Crippen molar-refractivity contribution in [3.8, 4) is 0 Å². The lowest BCUT2D eigenvalue weighted by Crippen LogP contribution is -2.40. The van der Waals surface area contributed by atoms with Crippen molar-refractivity contribution < 1.29 is 17.9 Å². The summed E-state index contributed by atoms with van der Waals surface area (Å²) in [6.45, 7) is 3.61. The predicted octanol–water partition coefficient (Wildman–Crippen LogP) is 0.616. The number of benzene rings is 1. The molecule has 1 saturated heterocycles. The average molecular weight is 492 g/mol. The van der Waals surface area contributed by atoms with Crippen molar-refractivity contribution in [2.24, 2.45) is 0 Å². The number of carbonyl (C=O) groups is 1. The van der Waals surface area contributed by atoms with Crippen LogP contribution < -0.4 is 21.9 Å². The Labute approximate surface area is 197 Å². The maximum absolute atomic E-state index is 12.7. The summed E-state index contributed by atoms with van der Waals surface area (Å²) in [5, 5.41) is 0. The lowest BCUT2D eigenvalue weighted by atomic mass is 10.2. The van der Waals surface area contributed by atoms with Gasteiger partial charge in [0.1, 0.15) is 5.82 Å². The number of aromatic nitrogens is 2. The number of aromatic amines is 1. The molecule has 0 unspecified atom stereocenters. The van der Waals surface area contributed by atoms with E-state index in [2.05, 4.69) is 4.98 Å². The van der Waals surface area contributed by atoms with Crippen LogP contribution >= 0.6 is 0 Å². The SMILES string of the molecule is CCCCn1c(N)c(N(C)C(=O)/C=C/c2ccc(S(=O)(=O)N3CCOCC3)cc2)c(=O)[nH]c1=O. The number of anilines is 2. The van der Waals surface area contributed by atoms with E-state index in [1.165, 1.54) is 40.2 Å². The highest BCUT2D eigenvalue weighted by Gasteiger charge is 2.26. The summed E-state index contributed by atoms with van der Waals surface area (Å²) in [6, 6.07) is 6.13. The standard InChI is InChI=1S/C22H29N5O6S/c1-3-4-11-27-20(23)19(21(29)24-22(27)30)25(2)18(28)10-7-16-5-8-17(9-6-16)34(31,32)26-12-14-33-15-13-26/h5-10H,3-4,11-15,23H2,1-2H3,(H,24,29,30)/b10-7+. The summed E-state index contributed by atoms with van der Waals surface area (Å²) in [4.78, 5) is 40.5. The van der Waals surface area contributed by atoms with Crippen LogP contribution in [-0.2, 0) is 26.1 Å². The molecule has 0 spiro atoms. The molecule has 12 heteroatoms. The van der Waals surface area contributed by atoms with E-state index in [-0.39, 0.29) is 16.4 Å². The van der Waals surface area contributed by atoms with Gasteiger partial charge >= 0.3 is 5.69 Å². The van der Waals surface area contributed by atoms with Crippen LogP contribution in [0.25, 0.3) is 6.08 Å². The van der Waals surface area contributed by atoms with Gasteiger partial charge in [0.05, 0.1) is 18.1 Å². The second-order valence-electron chi connectivity index (χ2n) is 7.81. The summed E-state index contributed by atoms with van der Waals surface area (Å²) < 4.78 is 33.2. The largest absolute Gasteiger partial charge is 0.383 e. The van der Waals surface area contributed by atoms with Crippen LogP contribution in [0, 0.1) is 0 Å². The van der Waals surface area contributed by atoms with E-state index in [0.29, 0.717) is 44.8 Å². The van der Waals surface area contributed by atoms with Crippen molar-refractivity contribution in [2.75, 3.05) is 44.0 Å². The van der Waals surface area contributed by atoms with Crippen LogP contribution in [0.1, 0.15) is 25.3 Å². The molecule has 1 aromatic heterocycles. The van der Waals surface area contributed by atoms with Crippen LogP contribution in [0.5, 0.6) is 0 Å². The number of H-pyrrole nitrogens is 1. The number of hydrogen-bond acceptors (Lipinski definition) is 7. The number of nitrogens with one attached hydrogen (secondary N) is 1. The van der Waals surface area contributed by atoms with Crippen molar-refractivity contribution >= 4 is 33.5 Å². The topological polar surface area (TPSA) is 148 Å². The van der Waals surface area contributed by atoms with Crippen molar-refractivity contribution in [1.29, 1.82) is 0 Å². The fourth-order valence-electron chi connectivity index (χ4n) is 3.52. The van der Waals surface area contributed by atoms with E-state index in [1.54, 1.807) is 12.1 Å². The smallest absolute Gasteiger partial charge is 0.330 e. The summed E-state index contributed by atoms with van der Waals surface area (Å²) >= 11 is 0. The molecule has 1 aromatic carbocycles. The third-order valence-corrected chi connectivity index (χ3v) is 7.43. The number of unbranched alkanes of at least 4 members (excludes halogenated alkanes) is 1. The summed E-state index contributed by atoms with van der Waals surface area (Å²) in [5.41, 5.74) is 5.15. The highest BCUT2D eigenvalue weighted by atomic mass is 32.2. The summed E-state index contributed by atoms with van der Waals surface area (Å²) in [5.74, 6) is -0.618. The van der Waals surface area contributed by atoms with Gasteiger partial charge in [-0.1, -0.05) is 25.5 Å². The van der Waals surface area contributed by atoms with Gasteiger partial charge in [0.25, 0.3) is 11.5 Å². The Morgan fingerprint density at radius 1 is 1.21 bits per heavy atom. The maximum atomic E-state index is 12.7. The fraction of sp³-hybridized carbons (Fsp3) is 0.409. The molecule has 2 heterocycles. The van der Waals surface area contributed by atoms with Gasteiger partial charge in [0.15, 0.2) is 5.69 Å². The minimum absolute atomic E-state index is 0.0795. The van der Waals surface area contributed by atoms with Crippen LogP contribution in [0.3, 0.4) is 0 Å². The number of amides is 1. The Bertz CT molecular complexity index is 1270. The van der Waals surface area contributed by atoms with Gasteiger partial charge in [-0.2, -0.15) is 4.31 Å². The quantitative estimate of drug-likeness (QED) is 0.514. The highest BCUT2D eigenvalue weighted by Crippen LogP contribution is 2.19. The molecule has 34 heavy (non-hydrogen) atoms. The molecule has 2 aromatic rings. The van der Waals surface area contributed by atoms with Gasteiger partial charge < -0.3 is 15.4 Å². The van der Waals surface area contributed by atoms with Crippen LogP contribution in [0.2, 0.25) is 0 Å². The van der Waals surface area contributed by atoms with Gasteiger partial charge in [0, 0.05) is 32.8 Å². The number of nitrogen functional groups attached to an aromatic ring is 1. The lowest BCUT2D eigenvalue weighted by molar-refractivity contribution is -0.113. The number of rotatable bonds is 8. The van der Waals surface area contributed by atoms with Crippen LogP contribution in [-0.4, -0.2) is 61.5 Å². The number of carbonyl (C=O) groups excluding carboxylic acids is 1. The first-order chi connectivity index (χ1) is 16.2. The Balaban J connectivity index is 1.77. The molecule has 0 aliphatic carbocycles. The van der Waals surface area contributed by atoms with Crippen molar-refractivity contribution in [2.45, 2.75) is 31.2 Å². The predicted molar refractivity (Wildman–Crippen MR) is 129 cm³/mol. The van der Waals surface area contributed by atoms with E-state index in [1.807, 2.05) is 6.92 Å². The molecule has 11 nitrogen and oxygen atoms in total. The molecule has 3 N–H and O–H groups in total. The third-order valence-electron chi connectivity index (χ3n) is 5.52. The molecule has 1 fully saturated rings. The molecule has 184 valence electrons. The van der Waals surface area contributed by atoms with Crippen molar-refractivity contribution in [3.63, 3.8) is 0 Å². The van der Waals surface area contributed by atoms with E-state index in [9.17, 15) is 22.8 Å². The van der Waals surface area contributed by atoms with E-state index in [4.69, 9.17) is 10.5 Å². The van der Waals surface area contributed by atoms with Gasteiger partial charge in [-0.05, 0) is 30.2 Å². The summed E-state index contributed by atoms with van der Waals surface area (Å²) in [6.07, 6.45) is 4.25. The maximum Gasteiger partial charge on any atom is 0.330 e. The molecule has 0 saturated carbocycles. The first-order valence-corrected chi connectivity index (χ1v) is 12.4. The van der Waals surface area contributed by atoms with Crippen LogP contribution in [0.4, 0.5) is 11.5 Å². The fourth-order valence-corrected chi connectivity index (χ4v) is 4.92. The third kappa shape index (κ3) is 5.46. The number of likely N-dealkylation sites (N-methyl/N-ethyl adjacent to an activating group) is 1. The van der Waals surface area contributed by atoms with Crippen LogP contribution in [0.15, 0.2) is 44.8 Å². The Hall–Kier alpha value is -3.22. The Morgan fingerprint density at radius 3 is 2.47 bits per heavy atom. The second-order valence-corrected chi connectivity index (χ2v) is 9.75. The number of morpholine rings is 1. The molecule has 1 amide bonds. The molecular weight excluding hydrogens is 462 g/mol. The molecule has 3 rings (SSSR count). The number of sulfonamides is 1. The van der Waals surface area contributed by atoms with Gasteiger partial charge in [-0.3, -0.25) is 19.1 Å². The first-order valence-electron chi connectivity index (χ1n) is 10.9. The minimum Gasteiger partial charge on any atom is -0.383 e. The van der Waals surface area contributed by atoms with E-state index < -0.39 is 27.2 Å².